The Balaban J connectivity index is -0.00000000750. The SMILES string of the molecule is C=C[C-]=O.[Cu].[Re].[W].[W]. The van der Waals surface area contributed by atoms with E-state index in [0.717, 1.165) is 6.08 Å². The van der Waals surface area contributed by atoms with Crippen LogP contribution in [0.4, 0.5) is 0 Å². The van der Waals surface area contributed by atoms with Crippen LogP contribution in [0, 0.1) is 0 Å². The van der Waals surface area contributed by atoms with Gasteiger partial charge in [-0.15, -0.1) is 0 Å². The van der Waals surface area contributed by atoms with E-state index in [4.69, 9.17) is 4.79 Å². The number of hydrogen-bond donors (Lipinski definition) is 0. The van der Waals surface area contributed by atoms with Crippen molar-refractivity contribution in [3.8, 4) is 0 Å². The van der Waals surface area contributed by atoms with Crippen LogP contribution in [0.5, 0.6) is 0 Å². The minimum Gasteiger partial charge on any atom is -0.419 e. The van der Waals surface area contributed by atoms with Crippen LogP contribution in [-0.2, 0) is 84.4 Å². The monoisotopic (exact) mass is 673 g/mol. The zero-order chi connectivity index (χ0) is 3.41. The minimum atomic E-state index is 0. The van der Waals surface area contributed by atoms with Crippen molar-refractivity contribution in [2.24, 2.45) is 0 Å². The van der Waals surface area contributed by atoms with Crippen LogP contribution in [0.2, 0.25) is 0 Å². The van der Waals surface area contributed by atoms with Gasteiger partial charge in [-0.3, -0.25) is 0 Å². The van der Waals surface area contributed by atoms with Gasteiger partial charge in [-0.25, -0.2) is 12.7 Å². The van der Waals surface area contributed by atoms with Gasteiger partial charge in [0.05, 0.1) is 0 Å². The quantitative estimate of drug-likeness (QED) is 0.223. The predicted molar refractivity (Wildman–Crippen MR) is 15.9 cm³/mol. The molecular formula is C3H3CuOReW2-. The molecule has 0 aromatic heterocycles. The van der Waals surface area contributed by atoms with E-state index >= 15 is 0 Å². The van der Waals surface area contributed by atoms with Crippen molar-refractivity contribution in [1.82, 2.24) is 0 Å². The average Bonchev–Trinajstić information content (AvgIpc) is 1.37. The van der Waals surface area contributed by atoms with Gasteiger partial charge in [-0.05, 0) is 6.29 Å². The summed E-state index contributed by atoms with van der Waals surface area (Å²) in [6, 6.07) is 0. The van der Waals surface area contributed by atoms with Crippen molar-refractivity contribution >= 4 is 6.29 Å². The van der Waals surface area contributed by atoms with Gasteiger partial charge in [0.2, 0.25) is 0 Å². The van der Waals surface area contributed by atoms with Crippen LogP contribution >= 0.6 is 0 Å². The van der Waals surface area contributed by atoms with Gasteiger partial charge in [-0.1, -0.05) is 0 Å². The summed E-state index contributed by atoms with van der Waals surface area (Å²) in [5.74, 6) is 0. The fourth-order valence-corrected chi connectivity index (χ4v) is 0. The van der Waals surface area contributed by atoms with Gasteiger partial charge >= 0.3 is 0 Å². The molecule has 1 nitrogen and oxygen atoms in total. The molecule has 0 aromatic carbocycles. The molecule has 0 N–H and O–H groups in total. The normalized spacial score (nSPS) is 2.50. The van der Waals surface area contributed by atoms with Crippen LogP contribution in [0.1, 0.15) is 0 Å². The van der Waals surface area contributed by atoms with E-state index in [1.165, 1.54) is 6.29 Å². The van der Waals surface area contributed by atoms with Crippen LogP contribution < -0.4 is 0 Å². The van der Waals surface area contributed by atoms with Crippen molar-refractivity contribution in [3.63, 3.8) is 0 Å². The Kier molecular flexibility index (Phi) is 147. The molecule has 0 saturated carbocycles. The molecular weight excluding hydrogens is 669 g/mol. The second-order valence-corrected chi connectivity index (χ2v) is 0.322. The first-order chi connectivity index (χ1) is 1.91. The Morgan fingerprint density at radius 2 is 1.50 bits per heavy atom. The molecule has 0 atom stereocenters. The Morgan fingerprint density at radius 3 is 1.50 bits per heavy atom. The Hall–Kier alpha value is 1.97. The number of carbonyl (C=O) groups excluding carboxylic acids is 1. The van der Waals surface area contributed by atoms with E-state index in [-0.39, 0.29) is 79.6 Å². The zero-order valence-electron chi connectivity index (χ0n) is 3.69. The molecule has 0 fully saturated rings. The maximum atomic E-state index is 8.93. The van der Waals surface area contributed by atoms with Gasteiger partial charge < -0.3 is 4.79 Å². The van der Waals surface area contributed by atoms with Crippen LogP contribution in [-0.4, -0.2) is 6.29 Å². The predicted octanol–water partition coefficient (Wildman–Crippen LogP) is 0.272. The summed E-state index contributed by atoms with van der Waals surface area (Å²) in [5.41, 5.74) is 0. The first-order valence-electron chi connectivity index (χ1n) is 0.901. The number of allylic oxidation sites excluding steroid dienone is 1. The molecule has 0 rings (SSSR count). The molecule has 0 aliphatic rings. The Labute approximate surface area is 102 Å². The molecule has 5 heteroatoms. The maximum absolute atomic E-state index is 8.93. The van der Waals surface area contributed by atoms with Crippen LogP contribution in [0.25, 0.3) is 0 Å². The minimum absolute atomic E-state index is 0. The first-order valence-corrected chi connectivity index (χ1v) is 0.901. The van der Waals surface area contributed by atoms with Crippen LogP contribution in [0.15, 0.2) is 12.7 Å². The third-order valence-corrected chi connectivity index (χ3v) is 0.0833. The second-order valence-electron chi connectivity index (χ2n) is 0.322. The smallest absolute Gasteiger partial charge is 0 e. The fourth-order valence-electron chi connectivity index (χ4n) is 0. The second kappa shape index (κ2) is 36.2. The molecule has 0 heterocycles. The van der Waals surface area contributed by atoms with E-state index in [1.807, 2.05) is 0 Å². The van der Waals surface area contributed by atoms with Crippen LogP contribution in [0.3, 0.4) is 0 Å². The Bertz CT molecular complexity index is 38.3. The van der Waals surface area contributed by atoms with E-state index in [9.17, 15) is 0 Å². The fraction of sp³-hybridized carbons (Fsp3) is 0. The summed E-state index contributed by atoms with van der Waals surface area (Å²) >= 11 is 0. The average molecular weight is 672 g/mol. The standard InChI is InChI=1S/C3H3O.Cu.Re.2W/c1-2-3-4;;;;/h2H,1H2;;;;/q-1;;;;. The van der Waals surface area contributed by atoms with Gasteiger partial charge in [-0.2, -0.15) is 0 Å². The molecule has 0 bridgehead atoms. The van der Waals surface area contributed by atoms with Crippen molar-refractivity contribution < 1.29 is 84.4 Å². The maximum Gasteiger partial charge on any atom is 0 e. The molecule has 0 spiro atoms. The molecule has 0 saturated heterocycles. The molecule has 52 valence electrons. The van der Waals surface area contributed by atoms with Gasteiger partial charge in [0.1, 0.15) is 0 Å². The molecule has 0 amide bonds. The summed E-state index contributed by atoms with van der Waals surface area (Å²) in [6.07, 6.45) is 2.51. The Morgan fingerprint density at radius 1 is 1.38 bits per heavy atom. The topological polar surface area (TPSA) is 17.1 Å². The molecule has 8 heavy (non-hydrogen) atoms. The molecule has 0 aromatic rings. The van der Waals surface area contributed by atoms with Gasteiger partial charge in [0.25, 0.3) is 0 Å². The summed E-state index contributed by atoms with van der Waals surface area (Å²) < 4.78 is 0. The number of hydrogen-bond acceptors (Lipinski definition) is 1. The third-order valence-electron chi connectivity index (χ3n) is 0.0833. The zero-order valence-corrected chi connectivity index (χ0v) is 13.2. The van der Waals surface area contributed by atoms with Gasteiger partial charge in [0.15, 0.2) is 0 Å². The van der Waals surface area contributed by atoms with E-state index in [0.29, 0.717) is 0 Å². The molecule has 0 aliphatic heterocycles. The molecule has 0 aliphatic carbocycles. The molecule has 2 radical (unpaired) electrons. The summed E-state index contributed by atoms with van der Waals surface area (Å²) in [4.78, 5) is 8.93. The number of rotatable bonds is 1. The first kappa shape index (κ1) is 32.5. The molecule has 0 unspecified atom stereocenters. The van der Waals surface area contributed by atoms with E-state index in [2.05, 4.69) is 6.58 Å². The van der Waals surface area contributed by atoms with Crippen molar-refractivity contribution in [1.29, 1.82) is 0 Å². The van der Waals surface area contributed by atoms with Crippen molar-refractivity contribution in [2.75, 3.05) is 0 Å². The summed E-state index contributed by atoms with van der Waals surface area (Å²) in [6.45, 7) is 3.06. The summed E-state index contributed by atoms with van der Waals surface area (Å²) in [5, 5.41) is 0. The largest absolute Gasteiger partial charge is 0.419 e. The van der Waals surface area contributed by atoms with Crippen molar-refractivity contribution in [3.05, 3.63) is 12.7 Å². The summed E-state index contributed by atoms with van der Waals surface area (Å²) in [7, 11) is 0. The third kappa shape index (κ3) is 43.9. The van der Waals surface area contributed by atoms with E-state index in [1.54, 1.807) is 0 Å². The van der Waals surface area contributed by atoms with E-state index < -0.39 is 0 Å². The van der Waals surface area contributed by atoms with Crippen molar-refractivity contribution in [2.45, 2.75) is 0 Å². The van der Waals surface area contributed by atoms with Gasteiger partial charge in [0, 0.05) is 79.6 Å².